The van der Waals surface area contributed by atoms with Crippen LogP contribution in [0.4, 0.5) is 0 Å². The Morgan fingerprint density at radius 1 is 1.00 bits per heavy atom. The molecular weight excluding hydrogens is 244 g/mol. The van der Waals surface area contributed by atoms with Crippen LogP contribution in [0.3, 0.4) is 0 Å². The molecule has 0 unspecified atom stereocenters. The maximum absolute atomic E-state index is 12.2. The average molecular weight is 256 g/mol. The van der Waals surface area contributed by atoms with E-state index in [1.54, 1.807) is 30.3 Å². The standard InChI is InChI=1S/C15H12O4/c1-10(16)9-13(17)11-5-2-3-6-12(11)15(18)14-7-4-8-19-14/h2-8H,9H2,1H3. The van der Waals surface area contributed by atoms with Crippen LogP contribution in [0.5, 0.6) is 0 Å². The third kappa shape index (κ3) is 2.85. The Balaban J connectivity index is 2.39. The van der Waals surface area contributed by atoms with Gasteiger partial charge in [0.25, 0.3) is 0 Å². The molecule has 0 radical (unpaired) electrons. The van der Waals surface area contributed by atoms with Crippen LogP contribution in [0, 0.1) is 0 Å². The maximum Gasteiger partial charge on any atom is 0.228 e. The van der Waals surface area contributed by atoms with Gasteiger partial charge in [0.15, 0.2) is 11.5 Å². The van der Waals surface area contributed by atoms with Gasteiger partial charge in [-0.1, -0.05) is 24.3 Å². The zero-order valence-electron chi connectivity index (χ0n) is 10.4. The number of rotatable bonds is 5. The van der Waals surface area contributed by atoms with Crippen molar-refractivity contribution in [3.05, 3.63) is 59.5 Å². The molecule has 0 saturated carbocycles. The fourth-order valence-corrected chi connectivity index (χ4v) is 1.79. The monoisotopic (exact) mass is 256 g/mol. The first kappa shape index (κ1) is 13.0. The summed E-state index contributed by atoms with van der Waals surface area (Å²) in [6.45, 7) is 1.34. The van der Waals surface area contributed by atoms with Crippen molar-refractivity contribution in [3.8, 4) is 0 Å². The van der Waals surface area contributed by atoms with E-state index < -0.39 is 0 Å². The van der Waals surface area contributed by atoms with Crippen molar-refractivity contribution in [2.24, 2.45) is 0 Å². The lowest BCUT2D eigenvalue weighted by Gasteiger charge is -2.05. The molecule has 4 heteroatoms. The Bertz CT molecular complexity index is 623. The molecule has 2 aromatic rings. The molecule has 1 aromatic carbocycles. The number of benzene rings is 1. The molecule has 1 aromatic heterocycles. The molecule has 19 heavy (non-hydrogen) atoms. The van der Waals surface area contributed by atoms with Crippen molar-refractivity contribution in [2.75, 3.05) is 0 Å². The molecule has 4 nitrogen and oxygen atoms in total. The van der Waals surface area contributed by atoms with Crippen molar-refractivity contribution in [1.82, 2.24) is 0 Å². The first-order valence-electron chi connectivity index (χ1n) is 5.79. The quantitative estimate of drug-likeness (QED) is 0.609. The van der Waals surface area contributed by atoms with Crippen molar-refractivity contribution in [3.63, 3.8) is 0 Å². The predicted octanol–water partition coefficient (Wildman–Crippen LogP) is 2.67. The summed E-state index contributed by atoms with van der Waals surface area (Å²) in [5.74, 6) is -0.783. The molecule has 0 aliphatic heterocycles. The lowest BCUT2D eigenvalue weighted by atomic mass is 9.97. The zero-order chi connectivity index (χ0) is 13.8. The summed E-state index contributed by atoms with van der Waals surface area (Å²) in [5.41, 5.74) is 0.503. The van der Waals surface area contributed by atoms with E-state index in [9.17, 15) is 14.4 Å². The van der Waals surface area contributed by atoms with Gasteiger partial charge in [-0.15, -0.1) is 0 Å². The lowest BCUT2D eigenvalue weighted by Crippen LogP contribution is -2.11. The highest BCUT2D eigenvalue weighted by molar-refractivity contribution is 6.17. The molecular formula is C15H12O4. The smallest absolute Gasteiger partial charge is 0.228 e. The van der Waals surface area contributed by atoms with Gasteiger partial charge in [0.1, 0.15) is 5.78 Å². The summed E-state index contributed by atoms with van der Waals surface area (Å²) < 4.78 is 5.04. The van der Waals surface area contributed by atoms with Gasteiger partial charge >= 0.3 is 0 Å². The van der Waals surface area contributed by atoms with E-state index in [1.807, 2.05) is 0 Å². The average Bonchev–Trinajstić information content (AvgIpc) is 2.91. The van der Waals surface area contributed by atoms with E-state index in [0.717, 1.165) is 0 Å². The van der Waals surface area contributed by atoms with Crippen LogP contribution in [0.15, 0.2) is 47.1 Å². The fourth-order valence-electron chi connectivity index (χ4n) is 1.79. The van der Waals surface area contributed by atoms with Crippen LogP contribution < -0.4 is 0 Å². The van der Waals surface area contributed by atoms with Gasteiger partial charge in [-0.25, -0.2) is 0 Å². The number of carbonyl (C=O) groups is 3. The third-order valence-electron chi connectivity index (χ3n) is 2.63. The van der Waals surface area contributed by atoms with Crippen LogP contribution in [-0.2, 0) is 4.79 Å². The molecule has 96 valence electrons. The molecule has 0 amide bonds. The molecule has 0 saturated heterocycles. The molecule has 0 spiro atoms. The number of carbonyl (C=O) groups excluding carboxylic acids is 3. The summed E-state index contributed by atoms with van der Waals surface area (Å²) >= 11 is 0. The third-order valence-corrected chi connectivity index (χ3v) is 2.63. The second kappa shape index (κ2) is 5.44. The Kier molecular flexibility index (Phi) is 3.71. The van der Waals surface area contributed by atoms with Gasteiger partial charge < -0.3 is 4.42 Å². The Hall–Kier alpha value is -2.49. The van der Waals surface area contributed by atoms with Crippen LogP contribution in [0.2, 0.25) is 0 Å². The maximum atomic E-state index is 12.2. The number of hydrogen-bond acceptors (Lipinski definition) is 4. The molecule has 2 rings (SSSR count). The van der Waals surface area contributed by atoms with E-state index in [1.165, 1.54) is 19.3 Å². The second-order valence-electron chi connectivity index (χ2n) is 4.15. The number of hydrogen-bond donors (Lipinski definition) is 0. The van der Waals surface area contributed by atoms with Crippen LogP contribution in [-0.4, -0.2) is 17.3 Å². The minimum Gasteiger partial charge on any atom is -0.461 e. The second-order valence-corrected chi connectivity index (χ2v) is 4.15. The van der Waals surface area contributed by atoms with Crippen molar-refractivity contribution >= 4 is 17.3 Å². The van der Waals surface area contributed by atoms with Crippen molar-refractivity contribution in [1.29, 1.82) is 0 Å². The van der Waals surface area contributed by atoms with E-state index in [4.69, 9.17) is 4.42 Å². The normalized spacial score (nSPS) is 10.2. The highest BCUT2D eigenvalue weighted by Gasteiger charge is 2.20. The molecule has 1 heterocycles. The lowest BCUT2D eigenvalue weighted by molar-refractivity contribution is -0.116. The minimum atomic E-state index is -0.363. The number of furan rings is 1. The summed E-state index contributed by atoms with van der Waals surface area (Å²) in [7, 11) is 0. The van der Waals surface area contributed by atoms with Crippen LogP contribution in [0.25, 0.3) is 0 Å². The Morgan fingerprint density at radius 3 is 2.26 bits per heavy atom. The molecule has 0 fully saturated rings. The highest BCUT2D eigenvalue weighted by atomic mass is 16.3. The van der Waals surface area contributed by atoms with Gasteiger partial charge in [0.2, 0.25) is 5.78 Å². The van der Waals surface area contributed by atoms with Gasteiger partial charge in [-0.3, -0.25) is 14.4 Å². The predicted molar refractivity (Wildman–Crippen MR) is 68.2 cm³/mol. The Morgan fingerprint density at radius 2 is 1.68 bits per heavy atom. The highest BCUT2D eigenvalue weighted by Crippen LogP contribution is 2.16. The summed E-state index contributed by atoms with van der Waals surface area (Å²) in [4.78, 5) is 35.1. The SMILES string of the molecule is CC(=O)CC(=O)c1ccccc1C(=O)c1ccco1. The zero-order valence-corrected chi connectivity index (χ0v) is 10.4. The largest absolute Gasteiger partial charge is 0.461 e. The van der Waals surface area contributed by atoms with Crippen molar-refractivity contribution in [2.45, 2.75) is 13.3 Å². The van der Waals surface area contributed by atoms with Gasteiger partial charge in [-0.05, 0) is 19.1 Å². The molecule has 0 aliphatic carbocycles. The van der Waals surface area contributed by atoms with Crippen LogP contribution in [0.1, 0.15) is 39.8 Å². The van der Waals surface area contributed by atoms with E-state index in [-0.39, 0.29) is 40.7 Å². The van der Waals surface area contributed by atoms with Gasteiger partial charge in [0, 0.05) is 11.1 Å². The first-order chi connectivity index (χ1) is 9.09. The van der Waals surface area contributed by atoms with Gasteiger partial charge in [-0.2, -0.15) is 0 Å². The first-order valence-corrected chi connectivity index (χ1v) is 5.79. The van der Waals surface area contributed by atoms with E-state index in [0.29, 0.717) is 0 Å². The number of ketones is 3. The molecule has 0 bridgehead atoms. The van der Waals surface area contributed by atoms with Crippen molar-refractivity contribution < 1.29 is 18.8 Å². The topological polar surface area (TPSA) is 64.3 Å². The summed E-state index contributed by atoms with van der Waals surface area (Å²) in [6.07, 6.45) is 1.19. The van der Waals surface area contributed by atoms with Gasteiger partial charge in [0.05, 0.1) is 12.7 Å². The minimum absolute atomic E-state index is 0.170. The summed E-state index contributed by atoms with van der Waals surface area (Å²) in [6, 6.07) is 9.56. The van der Waals surface area contributed by atoms with E-state index in [2.05, 4.69) is 0 Å². The molecule has 0 N–H and O–H groups in total. The number of Topliss-reactive ketones (excluding diaryl/α,β-unsaturated/α-hetero) is 2. The molecule has 0 atom stereocenters. The van der Waals surface area contributed by atoms with Crippen LogP contribution >= 0.6 is 0 Å². The summed E-state index contributed by atoms with van der Waals surface area (Å²) in [5, 5.41) is 0. The van der Waals surface area contributed by atoms with E-state index >= 15 is 0 Å². The Labute approximate surface area is 110 Å². The molecule has 0 aliphatic rings. The fraction of sp³-hybridized carbons (Fsp3) is 0.133.